The molecule has 3 aliphatic rings. The van der Waals surface area contributed by atoms with E-state index in [1.165, 1.54) is 6.20 Å². The van der Waals surface area contributed by atoms with Crippen LogP contribution in [0.2, 0.25) is 5.15 Å². The van der Waals surface area contributed by atoms with Crippen LogP contribution in [0, 0.1) is 17.8 Å². The summed E-state index contributed by atoms with van der Waals surface area (Å²) in [5, 5.41) is -0.0404. The van der Waals surface area contributed by atoms with E-state index in [1.807, 2.05) is 0 Å². The number of Topliss-reactive ketones (excluding diaryl/α,β-unsaturated/α-hetero) is 1. The van der Waals surface area contributed by atoms with E-state index in [0.717, 1.165) is 0 Å². The number of hydrogen-bond acceptors (Lipinski definition) is 3. The molecule has 0 spiro atoms. The molecule has 0 unspecified atom stereocenters. The third-order valence-corrected chi connectivity index (χ3v) is 4.45. The van der Waals surface area contributed by atoms with Gasteiger partial charge in [0.25, 0.3) is 0 Å². The fourth-order valence-electron chi connectivity index (χ4n) is 3.19. The second kappa shape index (κ2) is 3.48. The molecule has 0 N–H and O–H groups in total. The minimum Gasteiger partial charge on any atom is -0.292 e. The smallest absolute Gasteiger partial charge is 0.292 e. The molecule has 0 saturated heterocycles. The van der Waals surface area contributed by atoms with E-state index in [2.05, 4.69) is 9.97 Å². The van der Waals surface area contributed by atoms with E-state index in [9.17, 15) is 18.0 Å². The van der Waals surface area contributed by atoms with Gasteiger partial charge in [-0.3, -0.25) is 4.79 Å². The van der Waals surface area contributed by atoms with Crippen LogP contribution in [-0.2, 0) is 0 Å². The molecular formula is C12H10ClF3N2O. The predicted molar refractivity (Wildman–Crippen MR) is 60.9 cm³/mol. The number of hydrogen-bond donors (Lipinski definition) is 0. The molecule has 1 aromatic rings. The molecule has 0 radical (unpaired) electrons. The van der Waals surface area contributed by atoms with Gasteiger partial charge in [0.1, 0.15) is 5.69 Å². The molecule has 3 fully saturated rings. The third kappa shape index (κ3) is 1.55. The van der Waals surface area contributed by atoms with Crippen molar-refractivity contribution in [3.8, 4) is 0 Å². The van der Waals surface area contributed by atoms with Crippen LogP contribution in [0.4, 0.5) is 13.2 Å². The van der Waals surface area contributed by atoms with Crippen molar-refractivity contribution in [2.75, 3.05) is 0 Å². The number of carbonyl (C=O) groups is 1. The highest BCUT2D eigenvalue weighted by Crippen LogP contribution is 2.79. The van der Waals surface area contributed by atoms with Gasteiger partial charge >= 0.3 is 6.18 Å². The molecule has 3 nitrogen and oxygen atoms in total. The first-order valence-electron chi connectivity index (χ1n) is 5.80. The maximum atomic E-state index is 12.7. The molecule has 1 heterocycles. The Balaban J connectivity index is 1.84. The van der Waals surface area contributed by atoms with Gasteiger partial charge in [-0.05, 0) is 26.2 Å². The number of halogens is 4. The van der Waals surface area contributed by atoms with Gasteiger partial charge in [0.05, 0.1) is 11.1 Å². The zero-order valence-electron chi connectivity index (χ0n) is 10.0. The van der Waals surface area contributed by atoms with Crippen molar-refractivity contribution in [2.45, 2.75) is 32.4 Å². The molecule has 0 atom stereocenters. The maximum absolute atomic E-state index is 12.7. The Labute approximate surface area is 112 Å². The minimum absolute atomic E-state index is 0.00265. The van der Waals surface area contributed by atoms with Crippen molar-refractivity contribution >= 4 is 17.4 Å². The summed E-state index contributed by atoms with van der Waals surface area (Å²) >= 11 is 5.80. The molecule has 102 valence electrons. The Morgan fingerprint density at radius 3 is 2.47 bits per heavy atom. The molecule has 3 aliphatic carbocycles. The molecule has 0 aliphatic heterocycles. The van der Waals surface area contributed by atoms with Crippen molar-refractivity contribution in [1.82, 2.24) is 9.97 Å². The minimum atomic E-state index is -4.23. The lowest BCUT2D eigenvalue weighted by molar-refractivity contribution is -0.346. The summed E-state index contributed by atoms with van der Waals surface area (Å²) in [5.74, 6) is -0.403. The van der Waals surface area contributed by atoms with E-state index in [0.29, 0.717) is 5.69 Å². The number of aryl methyl sites for hydroxylation is 1. The van der Waals surface area contributed by atoms with E-state index < -0.39 is 22.8 Å². The lowest BCUT2D eigenvalue weighted by Gasteiger charge is -2.69. The molecule has 0 aromatic carbocycles. The normalized spacial score (nSPS) is 32.5. The molecule has 4 rings (SSSR count). The van der Waals surface area contributed by atoms with E-state index in [4.69, 9.17) is 11.6 Å². The summed E-state index contributed by atoms with van der Waals surface area (Å²) in [7, 11) is 0. The summed E-state index contributed by atoms with van der Waals surface area (Å²) in [6, 6.07) is 0. The van der Waals surface area contributed by atoms with E-state index in [1.54, 1.807) is 6.92 Å². The van der Waals surface area contributed by atoms with E-state index in [-0.39, 0.29) is 30.1 Å². The van der Waals surface area contributed by atoms with Gasteiger partial charge in [0.15, 0.2) is 10.9 Å². The van der Waals surface area contributed by atoms with Crippen molar-refractivity contribution in [1.29, 1.82) is 0 Å². The molecule has 1 aromatic heterocycles. The predicted octanol–water partition coefficient (Wildman–Crippen LogP) is 3.35. The topological polar surface area (TPSA) is 42.9 Å². The fraction of sp³-hybridized carbons (Fsp3) is 0.583. The van der Waals surface area contributed by atoms with Crippen LogP contribution in [0.1, 0.15) is 35.4 Å². The Morgan fingerprint density at radius 1 is 1.37 bits per heavy atom. The van der Waals surface area contributed by atoms with Gasteiger partial charge < -0.3 is 0 Å². The van der Waals surface area contributed by atoms with Gasteiger partial charge in [0, 0.05) is 11.6 Å². The van der Waals surface area contributed by atoms with Crippen molar-refractivity contribution in [3.63, 3.8) is 0 Å². The number of aromatic nitrogens is 2. The van der Waals surface area contributed by atoms with Crippen LogP contribution in [0.15, 0.2) is 6.20 Å². The first-order chi connectivity index (χ1) is 8.69. The highest BCUT2D eigenvalue weighted by atomic mass is 35.5. The number of rotatable bonds is 2. The van der Waals surface area contributed by atoms with Crippen molar-refractivity contribution in [2.24, 2.45) is 10.8 Å². The van der Waals surface area contributed by atoms with Gasteiger partial charge in [-0.25, -0.2) is 9.97 Å². The lowest BCUT2D eigenvalue weighted by atomic mass is 9.33. The van der Waals surface area contributed by atoms with Crippen LogP contribution >= 0.6 is 11.6 Å². The summed E-state index contributed by atoms with van der Waals surface area (Å²) in [6.07, 6.45) is -3.24. The second-order valence-electron chi connectivity index (χ2n) is 5.57. The first kappa shape index (κ1) is 12.8. The van der Waals surface area contributed by atoms with Crippen LogP contribution < -0.4 is 0 Å². The van der Waals surface area contributed by atoms with Gasteiger partial charge in [-0.2, -0.15) is 13.2 Å². The maximum Gasteiger partial charge on any atom is 0.394 e. The van der Waals surface area contributed by atoms with Crippen LogP contribution in [-0.4, -0.2) is 21.9 Å². The Morgan fingerprint density at radius 2 is 1.95 bits per heavy atom. The number of carbonyl (C=O) groups excluding carboxylic acids is 1. The standard InChI is InChI=1S/C12H10ClF3N2O/c1-6-2-17-9(13)7(18-6)8(19)10-3-11(4-10,5-10)12(14,15)16/h2H,3-5H2,1H3. The van der Waals surface area contributed by atoms with Crippen LogP contribution in [0.25, 0.3) is 0 Å². The number of alkyl halides is 3. The number of nitrogens with zero attached hydrogens (tertiary/aromatic N) is 2. The quantitative estimate of drug-likeness (QED) is 0.785. The Bertz CT molecular complexity index is 565. The largest absolute Gasteiger partial charge is 0.394 e. The molecular weight excluding hydrogens is 281 g/mol. The number of ketones is 1. The summed E-state index contributed by atoms with van der Waals surface area (Å²) in [5.41, 5.74) is -2.05. The average molecular weight is 291 g/mol. The molecule has 3 saturated carbocycles. The van der Waals surface area contributed by atoms with E-state index >= 15 is 0 Å². The molecule has 19 heavy (non-hydrogen) atoms. The zero-order chi connectivity index (χ0) is 14.1. The highest BCUT2D eigenvalue weighted by Gasteiger charge is 2.80. The fourth-order valence-corrected chi connectivity index (χ4v) is 3.36. The van der Waals surface area contributed by atoms with Gasteiger partial charge in [-0.15, -0.1) is 0 Å². The summed E-state index contributed by atoms with van der Waals surface area (Å²) in [6.45, 7) is 1.65. The van der Waals surface area contributed by atoms with Crippen molar-refractivity contribution in [3.05, 3.63) is 22.7 Å². The Kier molecular flexibility index (Phi) is 2.35. The first-order valence-corrected chi connectivity index (χ1v) is 6.18. The van der Waals surface area contributed by atoms with Crippen LogP contribution in [0.5, 0.6) is 0 Å². The summed E-state index contributed by atoms with van der Waals surface area (Å²) < 4.78 is 38.2. The van der Waals surface area contributed by atoms with Crippen molar-refractivity contribution < 1.29 is 18.0 Å². The zero-order valence-corrected chi connectivity index (χ0v) is 10.8. The third-order valence-electron chi connectivity index (χ3n) is 4.18. The molecule has 0 amide bonds. The summed E-state index contributed by atoms with van der Waals surface area (Å²) in [4.78, 5) is 20.1. The van der Waals surface area contributed by atoms with Crippen LogP contribution in [0.3, 0.4) is 0 Å². The Hall–Kier alpha value is -1.17. The molecule has 2 bridgehead atoms. The lowest BCUT2D eigenvalue weighted by Crippen LogP contribution is -2.71. The van der Waals surface area contributed by atoms with Gasteiger partial charge in [0.2, 0.25) is 0 Å². The second-order valence-corrected chi connectivity index (χ2v) is 5.93. The SMILES string of the molecule is Cc1cnc(Cl)c(C(=O)C23CC(C(F)(F)F)(C2)C3)n1. The monoisotopic (exact) mass is 290 g/mol. The van der Waals surface area contributed by atoms with Gasteiger partial charge in [-0.1, -0.05) is 11.6 Å². The average Bonchev–Trinajstić information content (AvgIpc) is 2.15. The molecule has 7 heteroatoms. The highest BCUT2D eigenvalue weighted by molar-refractivity contribution is 6.32.